The zero-order valence-electron chi connectivity index (χ0n) is 16.7. The fourth-order valence-corrected chi connectivity index (χ4v) is 5.56. The van der Waals surface area contributed by atoms with Crippen LogP contribution in [0.25, 0.3) is 5.76 Å². The SMILES string of the molecule is Cc1ccc(C2/C(=C(\O)c3ccc4c(c3)OCCO4)C(=O)C(=O)N2Cc2cccs2)s1. The Morgan fingerprint density at radius 1 is 1.13 bits per heavy atom. The lowest BCUT2D eigenvalue weighted by atomic mass is 9.99. The number of hydrogen-bond acceptors (Lipinski definition) is 7. The summed E-state index contributed by atoms with van der Waals surface area (Å²) in [6.07, 6.45) is 0. The molecule has 2 aliphatic rings. The van der Waals surface area contributed by atoms with Gasteiger partial charge in [0.2, 0.25) is 0 Å². The van der Waals surface area contributed by atoms with Gasteiger partial charge in [-0.3, -0.25) is 9.59 Å². The van der Waals surface area contributed by atoms with Gasteiger partial charge in [-0.15, -0.1) is 22.7 Å². The van der Waals surface area contributed by atoms with Crippen molar-refractivity contribution in [3.05, 3.63) is 73.6 Å². The van der Waals surface area contributed by atoms with E-state index >= 15 is 0 Å². The molecule has 1 aromatic carbocycles. The highest BCUT2D eigenvalue weighted by atomic mass is 32.1. The maximum absolute atomic E-state index is 13.1. The molecule has 1 amide bonds. The van der Waals surface area contributed by atoms with Crippen LogP contribution in [0.4, 0.5) is 0 Å². The fourth-order valence-electron chi connectivity index (χ4n) is 3.86. The van der Waals surface area contributed by atoms with Crippen LogP contribution in [-0.4, -0.2) is 34.9 Å². The van der Waals surface area contributed by atoms with Crippen LogP contribution in [-0.2, 0) is 16.1 Å². The minimum Gasteiger partial charge on any atom is -0.507 e. The molecule has 0 aliphatic carbocycles. The number of carbonyl (C=O) groups excluding carboxylic acids is 2. The first kappa shape index (κ1) is 19.8. The molecule has 1 fully saturated rings. The Morgan fingerprint density at radius 2 is 1.94 bits per heavy atom. The van der Waals surface area contributed by atoms with Crippen molar-refractivity contribution in [1.29, 1.82) is 0 Å². The van der Waals surface area contributed by atoms with Crippen LogP contribution < -0.4 is 9.47 Å². The van der Waals surface area contributed by atoms with Gasteiger partial charge in [-0.2, -0.15) is 0 Å². The molecule has 0 bridgehead atoms. The maximum Gasteiger partial charge on any atom is 0.296 e. The molecular weight excluding hydrogens is 434 g/mol. The van der Waals surface area contributed by atoms with Crippen LogP contribution in [0.15, 0.2) is 53.4 Å². The topological polar surface area (TPSA) is 76.1 Å². The Bertz CT molecular complexity index is 1190. The summed E-state index contributed by atoms with van der Waals surface area (Å²) < 4.78 is 11.2. The second-order valence-corrected chi connectivity index (χ2v) is 9.66. The van der Waals surface area contributed by atoms with Crippen LogP contribution in [0, 0.1) is 6.92 Å². The Morgan fingerprint density at radius 3 is 2.65 bits per heavy atom. The van der Waals surface area contributed by atoms with Gasteiger partial charge < -0.3 is 19.5 Å². The molecule has 6 nitrogen and oxygen atoms in total. The third-order valence-electron chi connectivity index (χ3n) is 5.29. The number of rotatable bonds is 4. The van der Waals surface area contributed by atoms with E-state index in [-0.39, 0.29) is 11.3 Å². The highest BCUT2D eigenvalue weighted by molar-refractivity contribution is 7.12. The van der Waals surface area contributed by atoms with Gasteiger partial charge in [-0.1, -0.05) is 6.07 Å². The number of fused-ring (bicyclic) bond motifs is 1. The highest BCUT2D eigenvalue weighted by Gasteiger charge is 2.46. The van der Waals surface area contributed by atoms with E-state index in [4.69, 9.17) is 9.47 Å². The maximum atomic E-state index is 13.1. The fraction of sp³-hybridized carbons (Fsp3) is 0.217. The summed E-state index contributed by atoms with van der Waals surface area (Å²) in [5.41, 5.74) is 0.511. The second kappa shape index (κ2) is 7.86. The number of nitrogens with zero attached hydrogens (tertiary/aromatic N) is 1. The summed E-state index contributed by atoms with van der Waals surface area (Å²) in [6.45, 7) is 3.16. The zero-order valence-corrected chi connectivity index (χ0v) is 18.3. The number of ketones is 1. The molecule has 5 rings (SSSR count). The van der Waals surface area contributed by atoms with Crippen LogP contribution in [0.1, 0.15) is 26.2 Å². The number of likely N-dealkylation sites (tertiary alicyclic amines) is 1. The number of aliphatic hydroxyl groups excluding tert-OH is 1. The van der Waals surface area contributed by atoms with Crippen molar-refractivity contribution in [1.82, 2.24) is 4.90 Å². The molecule has 1 N–H and O–H groups in total. The lowest BCUT2D eigenvalue weighted by Gasteiger charge is -2.24. The predicted octanol–water partition coefficient (Wildman–Crippen LogP) is 4.51. The van der Waals surface area contributed by atoms with Crippen LogP contribution in [0.3, 0.4) is 0 Å². The standard InChI is InChI=1S/C23H19NO5S2/c1-13-4-7-18(31-13)20-19(22(26)23(27)24(20)12-15-3-2-10-30-15)21(25)14-5-6-16-17(11-14)29-9-8-28-16/h2-7,10-11,20,25H,8-9,12H2,1H3/b21-19+. The summed E-state index contributed by atoms with van der Waals surface area (Å²) >= 11 is 3.04. The average molecular weight is 454 g/mol. The van der Waals surface area contributed by atoms with Gasteiger partial charge in [0.1, 0.15) is 25.0 Å². The van der Waals surface area contributed by atoms with Crippen LogP contribution in [0.2, 0.25) is 0 Å². The van der Waals surface area contributed by atoms with E-state index in [0.29, 0.717) is 36.8 Å². The molecule has 0 radical (unpaired) electrons. The van der Waals surface area contributed by atoms with Crippen molar-refractivity contribution >= 4 is 40.1 Å². The molecule has 0 saturated carbocycles. The molecule has 2 aliphatic heterocycles. The van der Waals surface area contributed by atoms with Crippen molar-refractivity contribution in [3.63, 3.8) is 0 Å². The first-order valence-corrected chi connectivity index (χ1v) is 11.5. The number of hydrogen-bond donors (Lipinski definition) is 1. The number of amides is 1. The van der Waals surface area contributed by atoms with Crippen molar-refractivity contribution in [3.8, 4) is 11.5 Å². The van der Waals surface area contributed by atoms with E-state index in [1.807, 2.05) is 36.6 Å². The van der Waals surface area contributed by atoms with E-state index in [2.05, 4.69) is 0 Å². The largest absolute Gasteiger partial charge is 0.507 e. The van der Waals surface area contributed by atoms with Gasteiger partial charge in [-0.05, 0) is 48.7 Å². The van der Waals surface area contributed by atoms with E-state index in [0.717, 1.165) is 14.6 Å². The van der Waals surface area contributed by atoms with Crippen molar-refractivity contribution in [2.75, 3.05) is 13.2 Å². The lowest BCUT2D eigenvalue weighted by molar-refractivity contribution is -0.140. The molecule has 0 spiro atoms. The minimum atomic E-state index is -0.681. The van der Waals surface area contributed by atoms with E-state index < -0.39 is 17.7 Å². The van der Waals surface area contributed by atoms with Crippen molar-refractivity contribution < 1.29 is 24.2 Å². The third kappa shape index (κ3) is 3.51. The predicted molar refractivity (Wildman–Crippen MR) is 119 cm³/mol. The summed E-state index contributed by atoms with van der Waals surface area (Å²) in [6, 6.07) is 12.1. The first-order valence-electron chi connectivity index (χ1n) is 9.80. The van der Waals surface area contributed by atoms with Crippen LogP contribution in [0.5, 0.6) is 11.5 Å². The smallest absolute Gasteiger partial charge is 0.296 e. The molecule has 158 valence electrons. The van der Waals surface area contributed by atoms with Crippen molar-refractivity contribution in [2.45, 2.75) is 19.5 Å². The molecule has 1 atom stereocenters. The number of thiophene rings is 2. The second-order valence-electron chi connectivity index (χ2n) is 7.31. The summed E-state index contributed by atoms with van der Waals surface area (Å²) in [7, 11) is 0. The van der Waals surface area contributed by atoms with Gasteiger partial charge in [-0.25, -0.2) is 0 Å². The zero-order chi connectivity index (χ0) is 21.5. The molecule has 2 aromatic heterocycles. The molecule has 1 unspecified atom stereocenters. The average Bonchev–Trinajstić information content (AvgIpc) is 3.50. The summed E-state index contributed by atoms with van der Waals surface area (Å²) in [4.78, 5) is 30.5. The molecule has 8 heteroatoms. The number of aliphatic hydroxyl groups is 1. The normalized spacial score (nSPS) is 19.8. The lowest BCUT2D eigenvalue weighted by Crippen LogP contribution is -2.28. The minimum absolute atomic E-state index is 0.0973. The van der Waals surface area contributed by atoms with E-state index in [1.165, 1.54) is 22.7 Å². The number of benzene rings is 1. The number of Topliss-reactive ketones (excluding diaryl/α,β-unsaturated/α-hetero) is 1. The third-order valence-corrected chi connectivity index (χ3v) is 7.21. The van der Waals surface area contributed by atoms with Crippen LogP contribution >= 0.6 is 22.7 Å². The number of aryl methyl sites for hydroxylation is 1. The van der Waals surface area contributed by atoms with Crippen molar-refractivity contribution in [2.24, 2.45) is 0 Å². The molecule has 3 aromatic rings. The van der Waals surface area contributed by atoms with E-state index in [9.17, 15) is 14.7 Å². The van der Waals surface area contributed by atoms with E-state index in [1.54, 1.807) is 23.1 Å². The van der Waals surface area contributed by atoms with Gasteiger partial charge >= 0.3 is 0 Å². The quantitative estimate of drug-likeness (QED) is 0.357. The summed E-state index contributed by atoms with van der Waals surface area (Å²) in [5.74, 6) is -0.401. The monoisotopic (exact) mass is 453 g/mol. The molecule has 31 heavy (non-hydrogen) atoms. The summed E-state index contributed by atoms with van der Waals surface area (Å²) in [5, 5.41) is 13.1. The Labute approximate surface area is 187 Å². The molecule has 1 saturated heterocycles. The Balaban J connectivity index is 1.62. The molecule has 4 heterocycles. The Hall–Kier alpha value is -3.10. The Kier molecular flexibility index (Phi) is 5.03. The molecular formula is C23H19NO5S2. The first-order chi connectivity index (χ1) is 15.0. The van der Waals surface area contributed by atoms with Gasteiger partial charge in [0, 0.05) is 20.2 Å². The van der Waals surface area contributed by atoms with Gasteiger partial charge in [0.15, 0.2) is 11.5 Å². The van der Waals surface area contributed by atoms with Gasteiger partial charge in [0.05, 0.1) is 12.1 Å². The number of ether oxygens (including phenoxy) is 2. The number of carbonyl (C=O) groups is 2. The highest BCUT2D eigenvalue weighted by Crippen LogP contribution is 2.43. The van der Waals surface area contributed by atoms with Gasteiger partial charge in [0.25, 0.3) is 11.7 Å².